The Kier molecular flexibility index (Phi) is 7.29. The van der Waals surface area contributed by atoms with Crippen LogP contribution in [0.3, 0.4) is 0 Å². The fraction of sp³-hybridized carbons (Fsp3) is 0.667. The van der Waals surface area contributed by atoms with Gasteiger partial charge in [0.1, 0.15) is 0 Å². The maximum atomic E-state index is 4.26. The highest BCUT2D eigenvalue weighted by Gasteiger charge is 2.23. The number of hydrogen-bond donors (Lipinski definition) is 0. The predicted octanol–water partition coefficient (Wildman–Crippen LogP) is 4.22. The van der Waals surface area contributed by atoms with Gasteiger partial charge in [0.05, 0.1) is 0 Å². The fourth-order valence-electron chi connectivity index (χ4n) is 2.77. The zero-order valence-electron chi connectivity index (χ0n) is 11.3. The number of nitrogens with zero attached hydrogens (tertiary/aromatic N) is 2. The van der Waals surface area contributed by atoms with Gasteiger partial charge in [0, 0.05) is 18.4 Å². The number of rotatable bonds is 5. The van der Waals surface area contributed by atoms with Crippen LogP contribution in [-0.4, -0.2) is 23.0 Å². The van der Waals surface area contributed by atoms with E-state index in [0.29, 0.717) is 6.04 Å². The third-order valence-corrected chi connectivity index (χ3v) is 3.73. The molecule has 0 saturated carbocycles. The van der Waals surface area contributed by atoms with E-state index in [1.807, 2.05) is 12.4 Å². The van der Waals surface area contributed by atoms with Crippen LogP contribution in [0.1, 0.15) is 57.1 Å². The minimum absolute atomic E-state index is 0. The molecule has 1 unspecified atom stereocenters. The SMILES string of the molecule is CCCCCN1CCCCC1c1cccnc1.Cl. The molecule has 1 atom stereocenters. The van der Waals surface area contributed by atoms with Crippen LogP contribution in [0, 0.1) is 0 Å². The number of hydrogen-bond acceptors (Lipinski definition) is 2. The average molecular weight is 269 g/mol. The van der Waals surface area contributed by atoms with E-state index in [1.165, 1.54) is 57.2 Å². The number of halogens is 1. The van der Waals surface area contributed by atoms with Crippen LogP contribution in [0.4, 0.5) is 0 Å². The number of likely N-dealkylation sites (tertiary alicyclic amines) is 1. The molecular formula is C15H25ClN2. The Morgan fingerprint density at radius 1 is 1.33 bits per heavy atom. The molecule has 0 aliphatic carbocycles. The van der Waals surface area contributed by atoms with Crippen LogP contribution in [0.2, 0.25) is 0 Å². The molecule has 18 heavy (non-hydrogen) atoms. The predicted molar refractivity (Wildman–Crippen MR) is 79.2 cm³/mol. The molecule has 0 aromatic carbocycles. The van der Waals surface area contributed by atoms with E-state index in [0.717, 1.165) is 0 Å². The molecule has 0 radical (unpaired) electrons. The first kappa shape index (κ1) is 15.5. The molecule has 2 heterocycles. The summed E-state index contributed by atoms with van der Waals surface area (Å²) in [7, 11) is 0. The molecule has 3 heteroatoms. The topological polar surface area (TPSA) is 16.1 Å². The molecule has 2 nitrogen and oxygen atoms in total. The van der Waals surface area contributed by atoms with Crippen molar-refractivity contribution in [3.63, 3.8) is 0 Å². The second-order valence-electron chi connectivity index (χ2n) is 5.04. The van der Waals surface area contributed by atoms with Gasteiger partial charge in [-0.05, 0) is 44.0 Å². The highest BCUT2D eigenvalue weighted by molar-refractivity contribution is 5.85. The molecule has 1 fully saturated rings. The van der Waals surface area contributed by atoms with E-state index in [4.69, 9.17) is 0 Å². The van der Waals surface area contributed by atoms with Gasteiger partial charge in [-0.2, -0.15) is 0 Å². The summed E-state index contributed by atoms with van der Waals surface area (Å²) in [6.45, 7) is 4.80. The van der Waals surface area contributed by atoms with E-state index in [-0.39, 0.29) is 12.4 Å². The fourth-order valence-corrected chi connectivity index (χ4v) is 2.77. The lowest BCUT2D eigenvalue weighted by atomic mass is 9.96. The van der Waals surface area contributed by atoms with Gasteiger partial charge in [-0.3, -0.25) is 9.88 Å². The van der Waals surface area contributed by atoms with Crippen molar-refractivity contribution in [1.82, 2.24) is 9.88 Å². The molecule has 0 N–H and O–H groups in total. The summed E-state index contributed by atoms with van der Waals surface area (Å²) in [5, 5.41) is 0. The standard InChI is InChI=1S/C15H24N2.ClH/c1-2-3-5-11-17-12-6-4-9-15(17)14-8-7-10-16-13-14;/h7-8,10,13,15H,2-6,9,11-12H2,1H3;1H. The molecule has 102 valence electrons. The van der Waals surface area contributed by atoms with E-state index in [1.54, 1.807) is 0 Å². The number of pyridine rings is 1. The van der Waals surface area contributed by atoms with Crippen LogP contribution in [0.25, 0.3) is 0 Å². The van der Waals surface area contributed by atoms with Crippen molar-refractivity contribution in [2.45, 2.75) is 51.5 Å². The summed E-state index contributed by atoms with van der Waals surface area (Å²) >= 11 is 0. The lowest BCUT2D eigenvalue weighted by molar-refractivity contribution is 0.145. The van der Waals surface area contributed by atoms with E-state index >= 15 is 0 Å². The van der Waals surface area contributed by atoms with Crippen LogP contribution >= 0.6 is 12.4 Å². The first-order valence-corrected chi connectivity index (χ1v) is 7.06. The van der Waals surface area contributed by atoms with Crippen LogP contribution in [0.15, 0.2) is 24.5 Å². The van der Waals surface area contributed by atoms with Crippen LogP contribution in [-0.2, 0) is 0 Å². The van der Waals surface area contributed by atoms with Gasteiger partial charge in [-0.1, -0.05) is 32.3 Å². The van der Waals surface area contributed by atoms with Gasteiger partial charge in [0.25, 0.3) is 0 Å². The Bertz CT molecular complexity index is 316. The molecule has 0 spiro atoms. The van der Waals surface area contributed by atoms with Crippen LogP contribution < -0.4 is 0 Å². The third-order valence-electron chi connectivity index (χ3n) is 3.73. The summed E-state index contributed by atoms with van der Waals surface area (Å²) in [5.74, 6) is 0. The Morgan fingerprint density at radius 3 is 2.94 bits per heavy atom. The second-order valence-corrected chi connectivity index (χ2v) is 5.04. The number of aromatic nitrogens is 1. The quantitative estimate of drug-likeness (QED) is 0.744. The smallest absolute Gasteiger partial charge is 0.0363 e. The van der Waals surface area contributed by atoms with Gasteiger partial charge in [-0.15, -0.1) is 12.4 Å². The molecule has 0 bridgehead atoms. The van der Waals surface area contributed by atoms with Gasteiger partial charge >= 0.3 is 0 Å². The van der Waals surface area contributed by atoms with Crippen molar-refractivity contribution in [3.8, 4) is 0 Å². The third kappa shape index (κ3) is 4.25. The van der Waals surface area contributed by atoms with Crippen molar-refractivity contribution < 1.29 is 0 Å². The largest absolute Gasteiger partial charge is 0.296 e. The maximum absolute atomic E-state index is 4.26. The van der Waals surface area contributed by atoms with Gasteiger partial charge in [0.2, 0.25) is 0 Å². The van der Waals surface area contributed by atoms with E-state index in [9.17, 15) is 0 Å². The number of piperidine rings is 1. The normalized spacial score (nSPS) is 20.4. The van der Waals surface area contributed by atoms with Gasteiger partial charge in [0.15, 0.2) is 0 Å². The monoisotopic (exact) mass is 268 g/mol. The van der Waals surface area contributed by atoms with Crippen molar-refractivity contribution in [2.24, 2.45) is 0 Å². The lowest BCUT2D eigenvalue weighted by Crippen LogP contribution is -2.34. The summed E-state index contributed by atoms with van der Waals surface area (Å²) in [5.41, 5.74) is 1.41. The van der Waals surface area contributed by atoms with Gasteiger partial charge < -0.3 is 0 Å². The highest BCUT2D eigenvalue weighted by atomic mass is 35.5. The van der Waals surface area contributed by atoms with E-state index < -0.39 is 0 Å². The van der Waals surface area contributed by atoms with Gasteiger partial charge in [-0.25, -0.2) is 0 Å². The Hall–Kier alpha value is -0.600. The first-order valence-electron chi connectivity index (χ1n) is 7.06. The molecule has 2 rings (SSSR count). The average Bonchev–Trinajstić information content (AvgIpc) is 2.41. The summed E-state index contributed by atoms with van der Waals surface area (Å²) in [6, 6.07) is 4.92. The summed E-state index contributed by atoms with van der Waals surface area (Å²) in [4.78, 5) is 6.93. The molecule has 1 aromatic rings. The summed E-state index contributed by atoms with van der Waals surface area (Å²) < 4.78 is 0. The zero-order valence-corrected chi connectivity index (χ0v) is 12.2. The van der Waals surface area contributed by atoms with E-state index in [2.05, 4.69) is 28.9 Å². The summed E-state index contributed by atoms with van der Waals surface area (Å²) in [6.07, 6.45) is 12.0. The highest BCUT2D eigenvalue weighted by Crippen LogP contribution is 2.30. The van der Waals surface area contributed by atoms with Crippen LogP contribution in [0.5, 0.6) is 0 Å². The maximum Gasteiger partial charge on any atom is 0.0363 e. The Labute approximate surface area is 117 Å². The molecule has 1 aromatic heterocycles. The Balaban J connectivity index is 0.00000162. The Morgan fingerprint density at radius 2 is 2.22 bits per heavy atom. The van der Waals surface area contributed by atoms with Crippen molar-refractivity contribution in [3.05, 3.63) is 30.1 Å². The van der Waals surface area contributed by atoms with Crippen molar-refractivity contribution in [2.75, 3.05) is 13.1 Å². The zero-order chi connectivity index (χ0) is 11.9. The van der Waals surface area contributed by atoms with Crippen molar-refractivity contribution in [1.29, 1.82) is 0 Å². The molecule has 1 aliphatic rings. The molecule has 1 aliphatic heterocycles. The minimum Gasteiger partial charge on any atom is -0.296 e. The number of unbranched alkanes of at least 4 members (excludes halogenated alkanes) is 2. The molecule has 0 amide bonds. The second kappa shape index (κ2) is 8.49. The molecule has 1 saturated heterocycles. The minimum atomic E-state index is 0. The van der Waals surface area contributed by atoms with Crippen molar-refractivity contribution >= 4 is 12.4 Å². The first-order chi connectivity index (χ1) is 8.42. The lowest BCUT2D eigenvalue weighted by Gasteiger charge is -2.35. The molecular weight excluding hydrogens is 244 g/mol.